The van der Waals surface area contributed by atoms with Crippen LogP contribution in [0.3, 0.4) is 0 Å². The lowest BCUT2D eigenvalue weighted by atomic mass is 9.33. The highest BCUT2D eigenvalue weighted by Gasteiger charge is 2.49. The van der Waals surface area contributed by atoms with Gasteiger partial charge in [0.25, 0.3) is 6.71 Å². The number of para-hydroxylation sites is 2. The fraction of sp³-hybridized carbons (Fsp3) is 0.254. The summed E-state index contributed by atoms with van der Waals surface area (Å²) in [7, 11) is 0. The Labute approximate surface area is 428 Å². The van der Waals surface area contributed by atoms with Crippen LogP contribution < -0.4 is 31.1 Å². The molecule has 0 bridgehead atoms. The molecule has 5 heteroatoms. The minimum absolute atomic E-state index is 0.0107. The summed E-state index contributed by atoms with van der Waals surface area (Å²) in [6.07, 6.45) is 2.25. The van der Waals surface area contributed by atoms with E-state index in [1.54, 1.807) is 0 Å². The molecule has 1 aromatic heterocycles. The van der Waals surface area contributed by atoms with Crippen molar-refractivity contribution in [1.29, 1.82) is 0 Å². The van der Waals surface area contributed by atoms with Crippen LogP contribution in [0.4, 0.5) is 51.4 Å². The van der Waals surface area contributed by atoms with Crippen LogP contribution in [0.2, 0.25) is 0 Å². The SMILES string of the molecule is Cc1ccc2oc3c(c2c1)B1c2cc4c(cc2N(c2ccc(C(C)(C)C)cc2-c2ccccc2)c2cc(N(c5ccccc5)c5ccccc5)cc(c21)N3c1ccc(C(C)(C)C)cc1)C(C)(C)CCC4(C)C. The van der Waals surface area contributed by atoms with Crippen LogP contribution in [0.1, 0.15) is 110 Å². The molecule has 358 valence electrons. The number of rotatable bonds is 6. The molecule has 3 aliphatic rings. The minimum Gasteiger partial charge on any atom is -0.440 e. The topological polar surface area (TPSA) is 22.9 Å². The number of aryl methyl sites for hydroxylation is 1. The average molecular weight is 940 g/mol. The number of fused-ring (bicyclic) bond motifs is 7. The standard InChI is InChI=1S/C67H66BN3O/c1-43-27-34-60-52(37-43)61-63(72-60)70(49-31-28-45(29-32-49)64(2,3)4)58-39-50(69(47-23-17-13-18-24-47)48-25-19-14-20-26-48)40-59-62(58)68(61)55-41-53-54(67(10,11)36-35-66(53,8)9)42-57(55)71(59)56-33-30-46(65(5,6)7)38-51(56)44-21-15-12-16-22-44/h12-34,37-42H,35-36H2,1-11H3. The van der Waals surface area contributed by atoms with Gasteiger partial charge in [0.2, 0.25) is 5.88 Å². The van der Waals surface area contributed by atoms with Crippen LogP contribution in [0.15, 0.2) is 180 Å². The number of furan rings is 1. The van der Waals surface area contributed by atoms with Gasteiger partial charge in [0.15, 0.2) is 0 Å². The van der Waals surface area contributed by atoms with Gasteiger partial charge < -0.3 is 14.2 Å². The number of nitrogens with zero attached hydrogens (tertiary/aromatic N) is 3. The van der Waals surface area contributed by atoms with Crippen LogP contribution in [-0.4, -0.2) is 6.71 Å². The van der Waals surface area contributed by atoms with E-state index in [-0.39, 0.29) is 28.4 Å². The smallest absolute Gasteiger partial charge is 0.257 e. The zero-order chi connectivity index (χ0) is 50.1. The maximum Gasteiger partial charge on any atom is 0.257 e. The van der Waals surface area contributed by atoms with E-state index in [1.807, 2.05) is 0 Å². The normalized spacial score (nSPS) is 15.5. The zero-order valence-electron chi connectivity index (χ0n) is 44.0. The predicted octanol–water partition coefficient (Wildman–Crippen LogP) is 16.9. The van der Waals surface area contributed by atoms with E-state index >= 15 is 0 Å². The van der Waals surface area contributed by atoms with E-state index in [2.05, 4.69) is 267 Å². The van der Waals surface area contributed by atoms with Crippen molar-refractivity contribution in [3.8, 4) is 11.1 Å². The minimum atomic E-state index is -0.138. The second-order valence-corrected chi connectivity index (χ2v) is 24.2. The maximum absolute atomic E-state index is 7.37. The van der Waals surface area contributed by atoms with E-state index in [0.717, 1.165) is 64.1 Å². The van der Waals surface area contributed by atoms with Crippen molar-refractivity contribution in [2.45, 2.75) is 111 Å². The highest BCUT2D eigenvalue weighted by molar-refractivity contribution is 7.01. The van der Waals surface area contributed by atoms with Gasteiger partial charge in [-0.05, 0) is 159 Å². The summed E-state index contributed by atoms with van der Waals surface area (Å²) in [4.78, 5) is 7.53. The quantitative estimate of drug-likeness (QED) is 0.155. The van der Waals surface area contributed by atoms with Crippen LogP contribution in [0.25, 0.3) is 22.1 Å². The highest BCUT2D eigenvalue weighted by atomic mass is 16.4. The van der Waals surface area contributed by atoms with Crippen molar-refractivity contribution >= 4 is 85.5 Å². The van der Waals surface area contributed by atoms with Gasteiger partial charge in [-0.15, -0.1) is 0 Å². The van der Waals surface area contributed by atoms with Crippen molar-refractivity contribution in [2.75, 3.05) is 14.7 Å². The second kappa shape index (κ2) is 16.4. The summed E-state index contributed by atoms with van der Waals surface area (Å²) in [6, 6.07) is 66.2. The van der Waals surface area contributed by atoms with Gasteiger partial charge >= 0.3 is 0 Å². The van der Waals surface area contributed by atoms with Crippen LogP contribution in [-0.2, 0) is 21.7 Å². The second-order valence-electron chi connectivity index (χ2n) is 24.2. The van der Waals surface area contributed by atoms with Crippen molar-refractivity contribution < 1.29 is 4.42 Å². The van der Waals surface area contributed by atoms with Crippen molar-refractivity contribution in [3.63, 3.8) is 0 Å². The summed E-state index contributed by atoms with van der Waals surface area (Å²) >= 11 is 0. The molecule has 0 unspecified atom stereocenters. The Bertz CT molecular complexity index is 3520. The van der Waals surface area contributed by atoms with Crippen LogP contribution in [0, 0.1) is 6.92 Å². The Kier molecular flexibility index (Phi) is 10.4. The molecular weight excluding hydrogens is 874 g/mol. The van der Waals surface area contributed by atoms with Crippen molar-refractivity contribution in [2.24, 2.45) is 0 Å². The molecule has 72 heavy (non-hydrogen) atoms. The molecule has 8 aromatic carbocycles. The summed E-state index contributed by atoms with van der Waals surface area (Å²) in [5, 5.41) is 1.17. The largest absolute Gasteiger partial charge is 0.440 e. The molecule has 3 heterocycles. The number of anilines is 9. The zero-order valence-corrected chi connectivity index (χ0v) is 44.0. The molecule has 0 atom stereocenters. The van der Waals surface area contributed by atoms with E-state index in [9.17, 15) is 0 Å². The Morgan fingerprint density at radius 1 is 0.500 bits per heavy atom. The van der Waals surface area contributed by atoms with E-state index in [1.165, 1.54) is 66.4 Å². The first-order valence-electron chi connectivity index (χ1n) is 26.1. The van der Waals surface area contributed by atoms with Gasteiger partial charge in [-0.3, -0.25) is 4.90 Å². The number of hydrogen-bond donors (Lipinski definition) is 0. The first kappa shape index (κ1) is 45.9. The molecule has 0 N–H and O–H groups in total. The molecule has 0 saturated carbocycles. The van der Waals surface area contributed by atoms with Crippen molar-refractivity contribution in [1.82, 2.24) is 0 Å². The van der Waals surface area contributed by atoms with Gasteiger partial charge in [-0.1, -0.05) is 172 Å². The molecule has 0 saturated heterocycles. The van der Waals surface area contributed by atoms with E-state index in [0.29, 0.717) is 0 Å². The summed E-state index contributed by atoms with van der Waals surface area (Å²) in [5.74, 6) is 0.877. The van der Waals surface area contributed by atoms with Gasteiger partial charge in [0.05, 0.1) is 11.4 Å². The molecule has 2 aliphatic heterocycles. The van der Waals surface area contributed by atoms with E-state index < -0.39 is 0 Å². The lowest BCUT2D eigenvalue weighted by Crippen LogP contribution is -2.61. The van der Waals surface area contributed by atoms with Gasteiger partial charge in [0, 0.05) is 50.5 Å². The lowest BCUT2D eigenvalue weighted by Gasteiger charge is -2.47. The molecule has 0 fully saturated rings. The molecular formula is C67H66BN3O. The summed E-state index contributed by atoms with van der Waals surface area (Å²) in [6.45, 7) is 25.8. The first-order chi connectivity index (χ1) is 34.4. The number of benzene rings is 8. The first-order valence-corrected chi connectivity index (χ1v) is 26.1. The Morgan fingerprint density at radius 3 is 1.65 bits per heavy atom. The average Bonchev–Trinajstić information content (AvgIpc) is 3.73. The molecule has 12 rings (SSSR count). The van der Waals surface area contributed by atoms with Crippen LogP contribution >= 0.6 is 0 Å². The van der Waals surface area contributed by atoms with Crippen molar-refractivity contribution in [3.05, 3.63) is 204 Å². The Morgan fingerprint density at radius 2 is 1.06 bits per heavy atom. The van der Waals surface area contributed by atoms with Crippen LogP contribution in [0.5, 0.6) is 0 Å². The molecule has 0 radical (unpaired) electrons. The molecule has 0 spiro atoms. The monoisotopic (exact) mass is 940 g/mol. The number of hydrogen-bond acceptors (Lipinski definition) is 4. The molecule has 1 aliphatic carbocycles. The molecule has 0 amide bonds. The molecule has 4 nitrogen and oxygen atoms in total. The third kappa shape index (κ3) is 7.41. The van der Waals surface area contributed by atoms with Gasteiger partial charge in [-0.2, -0.15) is 0 Å². The molecule has 9 aromatic rings. The van der Waals surface area contributed by atoms with E-state index in [4.69, 9.17) is 4.42 Å². The fourth-order valence-corrected chi connectivity index (χ4v) is 12.1. The van der Waals surface area contributed by atoms with Gasteiger partial charge in [0.1, 0.15) is 5.58 Å². The Hall–Kier alpha value is -7.24. The summed E-state index contributed by atoms with van der Waals surface area (Å²) < 4.78 is 7.37. The third-order valence-corrected chi connectivity index (χ3v) is 16.3. The highest BCUT2D eigenvalue weighted by Crippen LogP contribution is 2.54. The fourth-order valence-electron chi connectivity index (χ4n) is 12.1. The maximum atomic E-state index is 7.37. The third-order valence-electron chi connectivity index (χ3n) is 16.3. The van der Waals surface area contributed by atoms with Gasteiger partial charge in [-0.25, -0.2) is 0 Å². The Balaban J connectivity index is 1.27. The lowest BCUT2D eigenvalue weighted by molar-refractivity contribution is 0.332. The summed E-state index contributed by atoms with van der Waals surface area (Å²) in [5.41, 5.74) is 22.7. The predicted molar refractivity (Wildman–Crippen MR) is 308 cm³/mol.